The molecule has 2 aromatic carbocycles. The number of nitrogens with one attached hydrogen (secondary N) is 2. The van der Waals surface area contributed by atoms with E-state index < -0.39 is 0 Å². The van der Waals surface area contributed by atoms with Crippen LogP contribution in [0.5, 0.6) is 5.75 Å². The molecule has 6 nitrogen and oxygen atoms in total. The van der Waals surface area contributed by atoms with E-state index in [1.54, 1.807) is 7.11 Å². The molecular formula is C23H34IN3O3. The highest BCUT2D eigenvalue weighted by Crippen LogP contribution is 2.24. The molecule has 0 saturated carbocycles. The second-order valence-electron chi connectivity index (χ2n) is 7.33. The van der Waals surface area contributed by atoms with Crippen LogP contribution in [0.4, 0.5) is 0 Å². The first-order chi connectivity index (χ1) is 14.2. The maximum absolute atomic E-state index is 5.91. The summed E-state index contributed by atoms with van der Waals surface area (Å²) in [4.78, 5) is 4.74. The van der Waals surface area contributed by atoms with Gasteiger partial charge in [-0.2, -0.15) is 0 Å². The summed E-state index contributed by atoms with van der Waals surface area (Å²) >= 11 is 0. The molecule has 7 heteroatoms. The zero-order valence-electron chi connectivity index (χ0n) is 18.0. The maximum Gasteiger partial charge on any atom is 0.191 e. The fourth-order valence-electron chi connectivity index (χ4n) is 3.46. The predicted octanol–water partition coefficient (Wildman–Crippen LogP) is 3.98. The lowest BCUT2D eigenvalue weighted by Crippen LogP contribution is -2.44. The second kappa shape index (κ2) is 13.0. The summed E-state index contributed by atoms with van der Waals surface area (Å²) in [6.07, 6.45) is 2.65. The Morgan fingerprint density at radius 3 is 2.60 bits per heavy atom. The summed E-state index contributed by atoms with van der Waals surface area (Å²) in [7, 11) is 1.77. The Balaban J connectivity index is 0.00000320. The first-order valence-electron chi connectivity index (χ1n) is 10.5. The van der Waals surface area contributed by atoms with Crippen molar-refractivity contribution in [2.24, 2.45) is 4.99 Å². The minimum absolute atomic E-state index is 0. The number of hydrogen-bond donors (Lipinski definition) is 2. The van der Waals surface area contributed by atoms with Gasteiger partial charge in [-0.05, 0) is 36.2 Å². The molecule has 2 N–H and O–H groups in total. The molecule has 0 bridgehead atoms. The standard InChI is InChI=1S/C23H33N3O3.HI/c1-3-24-22(26-18-23(27-2)11-15-28-16-12-23)25-13-6-14-29-21-10-9-19-7-4-5-8-20(19)17-21;/h4-5,7-10,17H,3,6,11-16,18H2,1-2H3,(H2,24,25,26);1H. The van der Waals surface area contributed by atoms with Gasteiger partial charge in [-0.1, -0.05) is 30.3 Å². The number of nitrogens with zero attached hydrogens (tertiary/aromatic N) is 1. The van der Waals surface area contributed by atoms with Crippen molar-refractivity contribution in [2.45, 2.75) is 31.8 Å². The fraction of sp³-hybridized carbons (Fsp3) is 0.522. The highest BCUT2D eigenvalue weighted by atomic mass is 127. The summed E-state index contributed by atoms with van der Waals surface area (Å²) in [6, 6.07) is 14.5. The van der Waals surface area contributed by atoms with Gasteiger partial charge in [0, 0.05) is 46.3 Å². The van der Waals surface area contributed by atoms with Crippen LogP contribution in [0.1, 0.15) is 26.2 Å². The zero-order chi connectivity index (χ0) is 20.4. The quantitative estimate of drug-likeness (QED) is 0.224. The molecule has 2 aromatic rings. The van der Waals surface area contributed by atoms with Crippen LogP contribution in [0.25, 0.3) is 10.8 Å². The van der Waals surface area contributed by atoms with Crippen molar-refractivity contribution in [3.8, 4) is 5.75 Å². The summed E-state index contributed by atoms with van der Waals surface area (Å²) in [5, 5.41) is 9.12. The Labute approximate surface area is 196 Å². The molecule has 3 rings (SSSR count). The SMILES string of the molecule is CCNC(=NCC1(OC)CCOCC1)NCCCOc1ccc2ccccc2c1.I. The number of halogens is 1. The smallest absolute Gasteiger partial charge is 0.191 e. The molecule has 0 spiro atoms. The van der Waals surface area contributed by atoms with Crippen LogP contribution in [0.2, 0.25) is 0 Å². The zero-order valence-corrected chi connectivity index (χ0v) is 20.3. The molecule has 1 aliphatic heterocycles. The van der Waals surface area contributed by atoms with Crippen molar-refractivity contribution in [2.75, 3.05) is 46.6 Å². The van der Waals surface area contributed by atoms with Gasteiger partial charge in [0.05, 0.1) is 18.8 Å². The van der Waals surface area contributed by atoms with Gasteiger partial charge < -0.3 is 24.8 Å². The number of rotatable bonds is 9. The van der Waals surface area contributed by atoms with Crippen LogP contribution >= 0.6 is 24.0 Å². The fourth-order valence-corrected chi connectivity index (χ4v) is 3.46. The van der Waals surface area contributed by atoms with Crippen molar-refractivity contribution in [1.29, 1.82) is 0 Å². The van der Waals surface area contributed by atoms with E-state index in [0.717, 1.165) is 57.3 Å². The molecule has 0 aliphatic carbocycles. The molecule has 0 amide bonds. The van der Waals surface area contributed by atoms with Gasteiger partial charge >= 0.3 is 0 Å². The topological polar surface area (TPSA) is 64.1 Å². The van der Waals surface area contributed by atoms with Crippen LogP contribution in [0, 0.1) is 0 Å². The first-order valence-corrected chi connectivity index (χ1v) is 10.5. The van der Waals surface area contributed by atoms with Crippen molar-refractivity contribution >= 4 is 40.7 Å². The van der Waals surface area contributed by atoms with Crippen LogP contribution in [0.3, 0.4) is 0 Å². The third-order valence-corrected chi connectivity index (χ3v) is 5.31. The van der Waals surface area contributed by atoms with Crippen LogP contribution < -0.4 is 15.4 Å². The Morgan fingerprint density at radius 1 is 1.10 bits per heavy atom. The van der Waals surface area contributed by atoms with Crippen molar-refractivity contribution in [1.82, 2.24) is 10.6 Å². The second-order valence-corrected chi connectivity index (χ2v) is 7.33. The number of guanidine groups is 1. The average Bonchev–Trinajstić information content (AvgIpc) is 2.77. The summed E-state index contributed by atoms with van der Waals surface area (Å²) in [5.41, 5.74) is -0.209. The summed E-state index contributed by atoms with van der Waals surface area (Å²) in [6.45, 7) is 6.45. The predicted molar refractivity (Wildman–Crippen MR) is 133 cm³/mol. The third kappa shape index (κ3) is 7.28. The molecule has 166 valence electrons. The molecular weight excluding hydrogens is 493 g/mol. The molecule has 0 aromatic heterocycles. The largest absolute Gasteiger partial charge is 0.494 e. The lowest BCUT2D eigenvalue weighted by atomic mass is 9.94. The van der Waals surface area contributed by atoms with Crippen LogP contribution in [0.15, 0.2) is 47.5 Å². The number of ether oxygens (including phenoxy) is 3. The normalized spacial score (nSPS) is 16.0. The third-order valence-electron chi connectivity index (χ3n) is 5.31. The van der Waals surface area contributed by atoms with E-state index in [-0.39, 0.29) is 29.6 Å². The van der Waals surface area contributed by atoms with E-state index in [9.17, 15) is 0 Å². The van der Waals surface area contributed by atoms with Gasteiger partial charge in [-0.25, -0.2) is 0 Å². The Bertz CT molecular complexity index is 794. The van der Waals surface area contributed by atoms with E-state index in [2.05, 4.69) is 47.9 Å². The van der Waals surface area contributed by atoms with Gasteiger partial charge in [0.15, 0.2) is 5.96 Å². The maximum atomic E-state index is 5.91. The van der Waals surface area contributed by atoms with Crippen molar-refractivity contribution < 1.29 is 14.2 Å². The molecule has 0 atom stereocenters. The summed E-state index contributed by atoms with van der Waals surface area (Å²) in [5.74, 6) is 1.73. The van der Waals surface area contributed by atoms with Gasteiger partial charge in [0.1, 0.15) is 5.75 Å². The average molecular weight is 527 g/mol. The lowest BCUT2D eigenvalue weighted by molar-refractivity contribution is -0.0828. The van der Waals surface area contributed by atoms with Crippen molar-refractivity contribution in [3.63, 3.8) is 0 Å². The van der Waals surface area contributed by atoms with Crippen molar-refractivity contribution in [3.05, 3.63) is 42.5 Å². The molecule has 1 aliphatic rings. The number of methoxy groups -OCH3 is 1. The minimum Gasteiger partial charge on any atom is -0.494 e. The molecule has 0 unspecified atom stereocenters. The number of fused-ring (bicyclic) bond motifs is 1. The van der Waals surface area contributed by atoms with Gasteiger partial charge in [-0.15, -0.1) is 24.0 Å². The van der Waals surface area contributed by atoms with E-state index in [0.29, 0.717) is 13.2 Å². The summed E-state index contributed by atoms with van der Waals surface area (Å²) < 4.78 is 17.1. The van der Waals surface area contributed by atoms with Gasteiger partial charge in [0.2, 0.25) is 0 Å². The molecule has 1 saturated heterocycles. The van der Waals surface area contributed by atoms with E-state index in [1.807, 2.05) is 12.1 Å². The molecule has 0 radical (unpaired) electrons. The van der Waals surface area contributed by atoms with E-state index in [4.69, 9.17) is 19.2 Å². The highest BCUT2D eigenvalue weighted by Gasteiger charge is 2.32. The number of benzene rings is 2. The Morgan fingerprint density at radius 2 is 1.87 bits per heavy atom. The lowest BCUT2D eigenvalue weighted by Gasteiger charge is -2.34. The minimum atomic E-state index is -0.209. The highest BCUT2D eigenvalue weighted by molar-refractivity contribution is 14.0. The number of hydrogen-bond acceptors (Lipinski definition) is 4. The molecule has 30 heavy (non-hydrogen) atoms. The van der Waals surface area contributed by atoms with Gasteiger partial charge in [-0.3, -0.25) is 4.99 Å². The van der Waals surface area contributed by atoms with Crippen LogP contribution in [-0.4, -0.2) is 58.1 Å². The molecule has 1 fully saturated rings. The Hall–Kier alpha value is -1.58. The van der Waals surface area contributed by atoms with E-state index in [1.165, 1.54) is 10.8 Å². The molecule has 1 heterocycles. The van der Waals surface area contributed by atoms with E-state index >= 15 is 0 Å². The van der Waals surface area contributed by atoms with Gasteiger partial charge in [0.25, 0.3) is 0 Å². The first kappa shape index (κ1) is 24.7. The van der Waals surface area contributed by atoms with Crippen LogP contribution in [-0.2, 0) is 9.47 Å². The number of aliphatic imine (C=N–C) groups is 1. The Kier molecular flexibility index (Phi) is 10.7. The monoisotopic (exact) mass is 527 g/mol.